The molecule has 1 N–H and O–H groups in total. The van der Waals surface area contributed by atoms with Gasteiger partial charge in [0, 0.05) is 16.1 Å². The van der Waals surface area contributed by atoms with Gasteiger partial charge < -0.3 is 5.32 Å². The highest BCUT2D eigenvalue weighted by atomic mass is 35.5. The molecule has 0 fully saturated rings. The highest BCUT2D eigenvalue weighted by molar-refractivity contribution is 7.18. The third-order valence-electron chi connectivity index (χ3n) is 5.86. The van der Waals surface area contributed by atoms with Crippen molar-refractivity contribution in [2.45, 2.75) is 39.2 Å². The number of hydrogen-bond donors (Lipinski definition) is 1. The molecule has 0 saturated carbocycles. The number of nitrogens with zero attached hydrogens (tertiary/aromatic N) is 2. The lowest BCUT2D eigenvalue weighted by Crippen LogP contribution is -2.30. The Morgan fingerprint density at radius 3 is 2.82 bits per heavy atom. The topological polar surface area (TPSA) is 64.0 Å². The number of aryl methyl sites for hydroxylation is 3. The molecular weight excluding hydrogens is 461 g/mol. The van der Waals surface area contributed by atoms with Crippen molar-refractivity contribution in [1.29, 1.82) is 0 Å². The van der Waals surface area contributed by atoms with Gasteiger partial charge in [-0.15, -0.1) is 11.3 Å². The molecule has 2 aromatic heterocycles. The van der Waals surface area contributed by atoms with Crippen LogP contribution in [0.1, 0.15) is 28.8 Å². The van der Waals surface area contributed by atoms with E-state index in [0.29, 0.717) is 16.9 Å². The Morgan fingerprint density at radius 2 is 2.03 bits per heavy atom. The standard InChI is InChI=1S/C25H21ClFN3O2S/c1-14-5-4-6-15(11-14)23-29-24-22(17-7-2-3-8-20(17)33-24)25(32)30(23)13-21(31)28-16-9-10-19(27)18(26)12-16/h4-6,9-12H,2-3,7-8,13H2,1H3,(H,28,31). The minimum absolute atomic E-state index is 0.0848. The largest absolute Gasteiger partial charge is 0.324 e. The van der Waals surface area contributed by atoms with Crippen molar-refractivity contribution in [1.82, 2.24) is 9.55 Å². The molecule has 0 saturated heterocycles. The molecule has 4 aromatic rings. The average Bonchev–Trinajstić information content (AvgIpc) is 3.17. The molecule has 5 rings (SSSR count). The number of nitrogens with one attached hydrogen (secondary N) is 1. The summed E-state index contributed by atoms with van der Waals surface area (Å²) >= 11 is 7.42. The van der Waals surface area contributed by atoms with Crippen molar-refractivity contribution < 1.29 is 9.18 Å². The van der Waals surface area contributed by atoms with Crippen molar-refractivity contribution in [2.75, 3.05) is 5.32 Å². The Kier molecular flexibility index (Phi) is 5.76. The summed E-state index contributed by atoms with van der Waals surface area (Å²) in [7, 11) is 0. The Hall–Kier alpha value is -3.03. The predicted octanol–water partition coefficient (Wildman–Crippen LogP) is 5.74. The molecule has 8 heteroatoms. The van der Waals surface area contributed by atoms with E-state index < -0.39 is 11.7 Å². The first-order chi connectivity index (χ1) is 15.9. The number of benzene rings is 2. The lowest BCUT2D eigenvalue weighted by Gasteiger charge is -2.14. The Bertz CT molecular complexity index is 1460. The summed E-state index contributed by atoms with van der Waals surface area (Å²) < 4.78 is 14.9. The lowest BCUT2D eigenvalue weighted by atomic mass is 9.97. The van der Waals surface area contributed by atoms with Crippen molar-refractivity contribution in [3.05, 3.63) is 79.7 Å². The van der Waals surface area contributed by atoms with E-state index in [2.05, 4.69) is 5.32 Å². The van der Waals surface area contributed by atoms with Gasteiger partial charge >= 0.3 is 0 Å². The zero-order valence-corrected chi connectivity index (χ0v) is 19.5. The molecule has 1 aliphatic carbocycles. The average molecular weight is 482 g/mol. The quantitative estimate of drug-likeness (QED) is 0.404. The van der Waals surface area contributed by atoms with E-state index in [9.17, 15) is 14.0 Å². The number of hydrogen-bond acceptors (Lipinski definition) is 4. The minimum Gasteiger partial charge on any atom is -0.324 e. The first-order valence-electron chi connectivity index (χ1n) is 10.8. The number of rotatable bonds is 4. The van der Waals surface area contributed by atoms with Gasteiger partial charge in [-0.3, -0.25) is 14.2 Å². The van der Waals surface area contributed by atoms with Crippen LogP contribution < -0.4 is 10.9 Å². The molecule has 0 atom stereocenters. The summed E-state index contributed by atoms with van der Waals surface area (Å²) in [6, 6.07) is 11.7. The van der Waals surface area contributed by atoms with Gasteiger partial charge in [-0.1, -0.05) is 35.4 Å². The van der Waals surface area contributed by atoms with E-state index in [0.717, 1.165) is 47.2 Å². The maximum Gasteiger partial charge on any atom is 0.263 e. The van der Waals surface area contributed by atoms with Gasteiger partial charge in [-0.2, -0.15) is 0 Å². The Balaban J connectivity index is 1.61. The molecule has 33 heavy (non-hydrogen) atoms. The van der Waals surface area contributed by atoms with E-state index in [4.69, 9.17) is 16.6 Å². The molecule has 0 bridgehead atoms. The second kappa shape index (κ2) is 8.72. The third kappa shape index (κ3) is 4.18. The number of amides is 1. The normalized spacial score (nSPS) is 13.2. The molecule has 2 aromatic carbocycles. The molecule has 168 valence electrons. The van der Waals surface area contributed by atoms with Crippen molar-refractivity contribution in [3.8, 4) is 11.4 Å². The fraction of sp³-hybridized carbons (Fsp3) is 0.240. The summed E-state index contributed by atoms with van der Waals surface area (Å²) in [5.41, 5.74) is 3.04. The van der Waals surface area contributed by atoms with E-state index in [-0.39, 0.29) is 17.1 Å². The summed E-state index contributed by atoms with van der Waals surface area (Å²) in [4.78, 5) is 33.4. The van der Waals surface area contributed by atoms with Gasteiger partial charge in [0.1, 0.15) is 23.0 Å². The number of aromatic nitrogens is 2. The molecule has 0 unspecified atom stereocenters. The van der Waals surface area contributed by atoms with Crippen LogP contribution in [0.2, 0.25) is 5.02 Å². The van der Waals surface area contributed by atoms with E-state index in [1.807, 2.05) is 31.2 Å². The van der Waals surface area contributed by atoms with Gasteiger partial charge in [0.2, 0.25) is 5.91 Å². The maximum absolute atomic E-state index is 13.7. The van der Waals surface area contributed by atoms with E-state index in [1.165, 1.54) is 27.6 Å². The summed E-state index contributed by atoms with van der Waals surface area (Å²) in [5.74, 6) is -0.523. The first kappa shape index (κ1) is 21.8. The van der Waals surface area contributed by atoms with Crippen LogP contribution >= 0.6 is 22.9 Å². The van der Waals surface area contributed by atoms with Crippen LogP contribution in [0, 0.1) is 12.7 Å². The molecule has 1 amide bonds. The van der Waals surface area contributed by atoms with Gasteiger partial charge in [-0.05, 0) is 62.4 Å². The van der Waals surface area contributed by atoms with Crippen LogP contribution in [0.5, 0.6) is 0 Å². The predicted molar refractivity (Wildman–Crippen MR) is 131 cm³/mol. The highest BCUT2D eigenvalue weighted by Crippen LogP contribution is 2.35. The monoisotopic (exact) mass is 481 g/mol. The second-order valence-electron chi connectivity index (χ2n) is 8.26. The van der Waals surface area contributed by atoms with Crippen molar-refractivity contribution >= 4 is 44.7 Å². The second-order valence-corrected chi connectivity index (χ2v) is 9.76. The van der Waals surface area contributed by atoms with Crippen molar-refractivity contribution in [3.63, 3.8) is 0 Å². The number of fused-ring (bicyclic) bond motifs is 3. The summed E-state index contributed by atoms with van der Waals surface area (Å²) in [5, 5.41) is 3.25. The number of anilines is 1. The third-order valence-corrected chi connectivity index (χ3v) is 7.33. The maximum atomic E-state index is 13.7. The minimum atomic E-state index is -0.565. The van der Waals surface area contributed by atoms with Crippen LogP contribution in [0.3, 0.4) is 0 Å². The van der Waals surface area contributed by atoms with Gasteiger partial charge in [0.05, 0.1) is 10.4 Å². The molecule has 1 aliphatic rings. The zero-order valence-electron chi connectivity index (χ0n) is 18.0. The molecule has 2 heterocycles. The van der Waals surface area contributed by atoms with Crippen LogP contribution in [-0.2, 0) is 24.2 Å². The lowest BCUT2D eigenvalue weighted by molar-refractivity contribution is -0.116. The van der Waals surface area contributed by atoms with Gasteiger partial charge in [-0.25, -0.2) is 9.37 Å². The summed E-state index contributed by atoms with van der Waals surface area (Å²) in [6.45, 7) is 1.75. The zero-order chi connectivity index (χ0) is 23.1. The Labute approximate surface area is 198 Å². The van der Waals surface area contributed by atoms with Crippen LogP contribution in [0.15, 0.2) is 47.3 Å². The SMILES string of the molecule is Cc1cccc(-c2nc3sc4c(c3c(=O)n2CC(=O)Nc2ccc(F)c(Cl)c2)CCCC4)c1. The number of halogens is 2. The van der Waals surface area contributed by atoms with Gasteiger partial charge in [0.15, 0.2) is 0 Å². The molecule has 0 aliphatic heterocycles. The molecule has 5 nitrogen and oxygen atoms in total. The fourth-order valence-electron chi connectivity index (χ4n) is 4.31. The summed E-state index contributed by atoms with van der Waals surface area (Å²) in [6.07, 6.45) is 3.98. The molecule has 0 spiro atoms. The number of thiophene rings is 1. The highest BCUT2D eigenvalue weighted by Gasteiger charge is 2.23. The van der Waals surface area contributed by atoms with Crippen LogP contribution in [0.25, 0.3) is 21.6 Å². The smallest absolute Gasteiger partial charge is 0.263 e. The fourth-order valence-corrected chi connectivity index (χ4v) is 5.74. The van der Waals surface area contributed by atoms with Gasteiger partial charge in [0.25, 0.3) is 5.56 Å². The molecule has 0 radical (unpaired) electrons. The van der Waals surface area contributed by atoms with Crippen LogP contribution in [-0.4, -0.2) is 15.5 Å². The first-order valence-corrected chi connectivity index (χ1v) is 12.0. The Morgan fingerprint density at radius 1 is 1.21 bits per heavy atom. The number of carbonyl (C=O) groups excluding carboxylic acids is 1. The van der Waals surface area contributed by atoms with E-state index >= 15 is 0 Å². The van der Waals surface area contributed by atoms with E-state index in [1.54, 1.807) is 11.3 Å². The number of carbonyl (C=O) groups is 1. The van der Waals surface area contributed by atoms with Crippen molar-refractivity contribution in [2.24, 2.45) is 0 Å². The molecular formula is C25H21ClFN3O2S. The van der Waals surface area contributed by atoms with Crippen LogP contribution in [0.4, 0.5) is 10.1 Å².